The highest BCUT2D eigenvalue weighted by Gasteiger charge is 2.09. The second-order valence-electron chi connectivity index (χ2n) is 9.20. The lowest BCUT2D eigenvalue weighted by Crippen LogP contribution is -2.11. The Labute approximate surface area is 178 Å². The van der Waals surface area contributed by atoms with Gasteiger partial charge in [-0.3, -0.25) is 0 Å². The van der Waals surface area contributed by atoms with Crippen LogP contribution in [0, 0.1) is 11.8 Å². The van der Waals surface area contributed by atoms with Gasteiger partial charge in [-0.2, -0.15) is 0 Å². The molecule has 2 aromatic carbocycles. The Morgan fingerprint density at radius 1 is 0.724 bits per heavy atom. The molecule has 0 aliphatic heterocycles. The van der Waals surface area contributed by atoms with E-state index in [0.717, 1.165) is 31.6 Å². The molecule has 29 heavy (non-hydrogen) atoms. The van der Waals surface area contributed by atoms with Crippen LogP contribution in [-0.2, 0) is 24.0 Å². The molecule has 160 valence electrons. The van der Waals surface area contributed by atoms with Gasteiger partial charge in [0.2, 0.25) is 0 Å². The van der Waals surface area contributed by atoms with Crippen LogP contribution in [0.2, 0.25) is 0 Å². The molecule has 0 saturated carbocycles. The molecule has 2 nitrogen and oxygen atoms in total. The molecule has 0 aliphatic carbocycles. The van der Waals surface area contributed by atoms with Crippen LogP contribution in [0.4, 0.5) is 0 Å². The zero-order valence-electron chi connectivity index (χ0n) is 19.3. The van der Waals surface area contributed by atoms with E-state index in [4.69, 9.17) is 9.47 Å². The molecule has 2 rings (SSSR count). The topological polar surface area (TPSA) is 18.5 Å². The molecule has 0 unspecified atom stereocenters. The zero-order valence-corrected chi connectivity index (χ0v) is 19.3. The minimum atomic E-state index is 0.549. The predicted octanol–water partition coefficient (Wildman–Crippen LogP) is 6.85. The zero-order chi connectivity index (χ0) is 21.2. The van der Waals surface area contributed by atoms with E-state index in [0.29, 0.717) is 31.0 Å². The Hall–Kier alpha value is -1.80. The van der Waals surface area contributed by atoms with E-state index in [1.807, 2.05) is 0 Å². The lowest BCUT2D eigenvalue weighted by molar-refractivity contribution is 0.102. The number of hydrogen-bond acceptors (Lipinski definition) is 2. The van der Waals surface area contributed by atoms with Gasteiger partial charge in [0, 0.05) is 0 Å². The van der Waals surface area contributed by atoms with Gasteiger partial charge in [-0.05, 0) is 65.3 Å². The molecular formula is C27H40O2. The van der Waals surface area contributed by atoms with Crippen LogP contribution in [0.1, 0.15) is 69.7 Å². The Balaban J connectivity index is 1.82. The maximum Gasteiger partial charge on any atom is 0.122 e. The lowest BCUT2D eigenvalue weighted by Gasteiger charge is -2.16. The summed E-state index contributed by atoms with van der Waals surface area (Å²) in [6, 6.07) is 15.4. The Kier molecular flexibility index (Phi) is 9.73. The van der Waals surface area contributed by atoms with Crippen molar-refractivity contribution >= 4 is 0 Å². The summed E-state index contributed by atoms with van der Waals surface area (Å²) < 4.78 is 12.0. The third-order valence-electron chi connectivity index (χ3n) is 5.08. The third-order valence-corrected chi connectivity index (χ3v) is 5.08. The van der Waals surface area contributed by atoms with Crippen molar-refractivity contribution in [2.24, 2.45) is 11.8 Å². The van der Waals surface area contributed by atoms with Crippen LogP contribution < -0.4 is 4.74 Å². The standard InChI is InChI=1S/C27H40O2/c1-20(2)17-23-11-12-27(25(19-23)18-21(3)4)29-16-15-28-14-13-24-9-7-8-10-26(24)22(5)6/h7-12,19-22H,13-18H2,1-6H3. The summed E-state index contributed by atoms with van der Waals surface area (Å²) >= 11 is 0. The van der Waals surface area contributed by atoms with Crippen LogP contribution in [-0.4, -0.2) is 19.8 Å². The SMILES string of the molecule is CC(C)Cc1ccc(OCCOCCc2ccccc2C(C)C)c(CC(C)C)c1. The smallest absolute Gasteiger partial charge is 0.122 e. The Morgan fingerprint density at radius 2 is 1.45 bits per heavy atom. The van der Waals surface area contributed by atoms with Gasteiger partial charge in [0.15, 0.2) is 0 Å². The predicted molar refractivity (Wildman–Crippen MR) is 124 cm³/mol. The molecule has 0 atom stereocenters. The van der Waals surface area contributed by atoms with Crippen LogP contribution in [0.15, 0.2) is 42.5 Å². The van der Waals surface area contributed by atoms with E-state index >= 15 is 0 Å². The molecule has 0 amide bonds. The van der Waals surface area contributed by atoms with Crippen LogP contribution in [0.5, 0.6) is 5.75 Å². The molecule has 2 aromatic rings. The first-order valence-corrected chi connectivity index (χ1v) is 11.3. The average Bonchev–Trinajstić information content (AvgIpc) is 2.65. The second-order valence-corrected chi connectivity index (χ2v) is 9.20. The van der Waals surface area contributed by atoms with Gasteiger partial charge in [-0.25, -0.2) is 0 Å². The van der Waals surface area contributed by atoms with Crippen molar-refractivity contribution in [2.75, 3.05) is 19.8 Å². The van der Waals surface area contributed by atoms with Crippen molar-refractivity contribution in [3.05, 3.63) is 64.7 Å². The van der Waals surface area contributed by atoms with Gasteiger partial charge in [0.25, 0.3) is 0 Å². The number of rotatable bonds is 12. The molecule has 0 radical (unpaired) electrons. The minimum absolute atomic E-state index is 0.549. The van der Waals surface area contributed by atoms with Crippen molar-refractivity contribution < 1.29 is 9.47 Å². The summed E-state index contributed by atoms with van der Waals surface area (Å²) in [4.78, 5) is 0. The van der Waals surface area contributed by atoms with Gasteiger partial charge >= 0.3 is 0 Å². The van der Waals surface area contributed by atoms with Crippen molar-refractivity contribution in [2.45, 2.75) is 66.7 Å². The maximum absolute atomic E-state index is 6.09. The fourth-order valence-corrected chi connectivity index (χ4v) is 3.79. The molecule has 0 heterocycles. The highest BCUT2D eigenvalue weighted by molar-refractivity contribution is 5.38. The summed E-state index contributed by atoms with van der Waals surface area (Å²) in [6.07, 6.45) is 3.12. The summed E-state index contributed by atoms with van der Waals surface area (Å²) in [6.45, 7) is 15.5. The fraction of sp³-hybridized carbons (Fsp3) is 0.556. The van der Waals surface area contributed by atoms with E-state index in [-0.39, 0.29) is 0 Å². The van der Waals surface area contributed by atoms with Crippen molar-refractivity contribution in [1.29, 1.82) is 0 Å². The number of benzene rings is 2. The molecule has 0 N–H and O–H groups in total. The van der Waals surface area contributed by atoms with Gasteiger partial charge in [0.1, 0.15) is 12.4 Å². The Bertz CT molecular complexity index is 731. The third kappa shape index (κ3) is 8.22. The lowest BCUT2D eigenvalue weighted by atomic mass is 9.96. The van der Waals surface area contributed by atoms with Crippen LogP contribution in [0.25, 0.3) is 0 Å². The highest BCUT2D eigenvalue weighted by atomic mass is 16.5. The molecule has 0 spiro atoms. The largest absolute Gasteiger partial charge is 0.491 e. The fourth-order valence-electron chi connectivity index (χ4n) is 3.79. The molecule has 0 aliphatic rings. The maximum atomic E-state index is 6.09. The summed E-state index contributed by atoms with van der Waals surface area (Å²) in [5, 5.41) is 0. The van der Waals surface area contributed by atoms with Crippen molar-refractivity contribution in [1.82, 2.24) is 0 Å². The van der Waals surface area contributed by atoms with E-state index in [1.54, 1.807) is 0 Å². The summed E-state index contributed by atoms with van der Waals surface area (Å²) in [5.41, 5.74) is 5.54. The average molecular weight is 397 g/mol. The van der Waals surface area contributed by atoms with E-state index in [1.165, 1.54) is 22.3 Å². The summed E-state index contributed by atoms with van der Waals surface area (Å²) in [7, 11) is 0. The molecular weight excluding hydrogens is 356 g/mol. The first-order valence-electron chi connectivity index (χ1n) is 11.3. The number of hydrogen-bond donors (Lipinski definition) is 0. The first kappa shape index (κ1) is 23.5. The Morgan fingerprint density at radius 3 is 2.14 bits per heavy atom. The minimum Gasteiger partial charge on any atom is -0.491 e. The van der Waals surface area contributed by atoms with Crippen LogP contribution in [0.3, 0.4) is 0 Å². The highest BCUT2D eigenvalue weighted by Crippen LogP contribution is 2.25. The normalized spacial score (nSPS) is 11.6. The monoisotopic (exact) mass is 396 g/mol. The van der Waals surface area contributed by atoms with Gasteiger partial charge in [-0.15, -0.1) is 0 Å². The van der Waals surface area contributed by atoms with Crippen molar-refractivity contribution in [3.63, 3.8) is 0 Å². The first-order chi connectivity index (χ1) is 13.9. The molecule has 0 aromatic heterocycles. The van der Waals surface area contributed by atoms with Crippen LogP contribution >= 0.6 is 0 Å². The molecule has 0 fully saturated rings. The quantitative estimate of drug-likeness (QED) is 0.365. The molecule has 0 bridgehead atoms. The molecule has 0 saturated heterocycles. The van der Waals surface area contributed by atoms with Crippen molar-refractivity contribution in [3.8, 4) is 5.75 Å². The van der Waals surface area contributed by atoms with E-state index < -0.39 is 0 Å². The van der Waals surface area contributed by atoms with Gasteiger partial charge < -0.3 is 9.47 Å². The number of ether oxygens (including phenoxy) is 2. The second kappa shape index (κ2) is 12.0. The van der Waals surface area contributed by atoms with E-state index in [2.05, 4.69) is 84.0 Å². The van der Waals surface area contributed by atoms with E-state index in [9.17, 15) is 0 Å². The summed E-state index contributed by atoms with van der Waals surface area (Å²) in [5.74, 6) is 2.85. The van der Waals surface area contributed by atoms with Gasteiger partial charge in [0.05, 0.1) is 13.2 Å². The molecule has 2 heteroatoms. The van der Waals surface area contributed by atoms with Gasteiger partial charge in [-0.1, -0.05) is 77.9 Å².